The number of nitrogens with one attached hydrogen (secondary N) is 2. The highest BCUT2D eigenvalue weighted by Crippen LogP contribution is 2.44. The number of carboxylic acid groups (broad SMARTS) is 1. The van der Waals surface area contributed by atoms with E-state index in [-0.39, 0.29) is 43.2 Å². The highest BCUT2D eigenvalue weighted by molar-refractivity contribution is 5.80. The van der Waals surface area contributed by atoms with E-state index >= 15 is 0 Å². The van der Waals surface area contributed by atoms with Gasteiger partial charge in [-0.25, -0.2) is 4.79 Å². The number of benzene rings is 2. The summed E-state index contributed by atoms with van der Waals surface area (Å²) in [6.45, 7) is 4.18. The zero-order chi connectivity index (χ0) is 24.9. The molecular weight excluding hydrogens is 444 g/mol. The molecule has 4 rings (SSSR count). The Balaban J connectivity index is 1.31. The lowest BCUT2D eigenvalue weighted by atomic mass is 9.76. The van der Waals surface area contributed by atoms with Crippen LogP contribution >= 0.6 is 0 Å². The number of hydrogen-bond donors (Lipinski definition) is 3. The van der Waals surface area contributed by atoms with Gasteiger partial charge in [0.25, 0.3) is 0 Å². The smallest absolute Gasteiger partial charge is 0.407 e. The Labute approximate surface area is 206 Å². The van der Waals surface area contributed by atoms with E-state index in [0.717, 1.165) is 41.5 Å². The van der Waals surface area contributed by atoms with Gasteiger partial charge in [-0.2, -0.15) is 0 Å². The Morgan fingerprint density at radius 1 is 1.00 bits per heavy atom. The highest BCUT2D eigenvalue weighted by Gasteiger charge is 2.33. The van der Waals surface area contributed by atoms with Crippen LogP contribution in [0, 0.1) is 17.8 Å². The molecule has 0 spiro atoms. The van der Waals surface area contributed by atoms with Gasteiger partial charge in [0.2, 0.25) is 5.91 Å². The van der Waals surface area contributed by atoms with Crippen LogP contribution in [0.1, 0.15) is 56.6 Å². The van der Waals surface area contributed by atoms with E-state index in [0.29, 0.717) is 0 Å². The van der Waals surface area contributed by atoms with Gasteiger partial charge in [-0.15, -0.1) is 0 Å². The monoisotopic (exact) mass is 478 g/mol. The van der Waals surface area contributed by atoms with Gasteiger partial charge in [-0.05, 0) is 46.9 Å². The maximum Gasteiger partial charge on any atom is 0.407 e. The molecule has 0 heterocycles. The third-order valence-corrected chi connectivity index (χ3v) is 7.41. The van der Waals surface area contributed by atoms with Crippen LogP contribution in [0.25, 0.3) is 11.1 Å². The molecule has 3 N–H and O–H groups in total. The van der Waals surface area contributed by atoms with Crippen molar-refractivity contribution in [3.05, 3.63) is 59.7 Å². The maximum absolute atomic E-state index is 12.7. The van der Waals surface area contributed by atoms with E-state index in [1.54, 1.807) is 0 Å². The molecule has 0 saturated heterocycles. The molecule has 2 amide bonds. The Bertz CT molecular complexity index is 1030. The molecule has 2 unspecified atom stereocenters. The number of carboxylic acids is 1. The zero-order valence-corrected chi connectivity index (χ0v) is 20.3. The summed E-state index contributed by atoms with van der Waals surface area (Å²) in [7, 11) is 0. The molecule has 2 aliphatic carbocycles. The van der Waals surface area contributed by atoms with Crippen LogP contribution in [0.3, 0.4) is 0 Å². The number of hydrogen-bond acceptors (Lipinski definition) is 4. The number of carbonyl (C=O) groups is 3. The van der Waals surface area contributed by atoms with Crippen LogP contribution in [-0.4, -0.2) is 42.3 Å². The summed E-state index contributed by atoms with van der Waals surface area (Å²) < 4.78 is 5.63. The Morgan fingerprint density at radius 2 is 1.60 bits per heavy atom. The minimum atomic E-state index is -0.868. The average Bonchev–Trinajstić information content (AvgIpc) is 3.12. The molecule has 186 valence electrons. The van der Waals surface area contributed by atoms with E-state index < -0.39 is 24.0 Å². The van der Waals surface area contributed by atoms with E-state index in [9.17, 15) is 19.5 Å². The van der Waals surface area contributed by atoms with Crippen molar-refractivity contribution in [3.63, 3.8) is 0 Å². The lowest BCUT2D eigenvalue weighted by Gasteiger charge is -2.31. The summed E-state index contributed by atoms with van der Waals surface area (Å²) in [5, 5.41) is 15.1. The Kier molecular flexibility index (Phi) is 7.73. The molecule has 0 bridgehead atoms. The first kappa shape index (κ1) is 24.8. The molecule has 1 fully saturated rings. The summed E-state index contributed by atoms with van der Waals surface area (Å²) >= 11 is 0. The minimum absolute atomic E-state index is 0.00290. The SMILES string of the molecule is CC(C)C(CC(=O)NCC(C(=O)O)C1CCC1)NC(=O)OCC1c2ccccc2-c2ccccc21. The fourth-order valence-corrected chi connectivity index (χ4v) is 5.04. The first-order valence-electron chi connectivity index (χ1n) is 12.5. The summed E-state index contributed by atoms with van der Waals surface area (Å²) in [5.41, 5.74) is 4.60. The van der Waals surface area contributed by atoms with Crippen LogP contribution < -0.4 is 10.6 Å². The molecule has 0 radical (unpaired) electrons. The number of fused-ring (bicyclic) bond motifs is 3. The second-order valence-corrected chi connectivity index (χ2v) is 9.96. The van der Waals surface area contributed by atoms with Crippen molar-refractivity contribution in [2.24, 2.45) is 17.8 Å². The average molecular weight is 479 g/mol. The van der Waals surface area contributed by atoms with Crippen LogP contribution in [0.5, 0.6) is 0 Å². The maximum atomic E-state index is 12.7. The molecule has 7 nitrogen and oxygen atoms in total. The molecule has 2 aromatic carbocycles. The number of amides is 2. The normalized spacial score (nSPS) is 16.5. The zero-order valence-electron chi connectivity index (χ0n) is 20.3. The molecule has 2 aliphatic rings. The minimum Gasteiger partial charge on any atom is -0.481 e. The van der Waals surface area contributed by atoms with Gasteiger partial charge < -0.3 is 20.5 Å². The summed E-state index contributed by atoms with van der Waals surface area (Å²) in [6, 6.07) is 15.9. The second-order valence-electron chi connectivity index (χ2n) is 9.96. The van der Waals surface area contributed by atoms with Crippen molar-refractivity contribution in [3.8, 4) is 11.1 Å². The van der Waals surface area contributed by atoms with Crippen LogP contribution in [0.15, 0.2) is 48.5 Å². The van der Waals surface area contributed by atoms with Gasteiger partial charge in [0.05, 0.1) is 5.92 Å². The third kappa shape index (κ3) is 5.66. The van der Waals surface area contributed by atoms with Crippen molar-refractivity contribution < 1.29 is 24.2 Å². The van der Waals surface area contributed by atoms with Crippen LogP contribution in [0.4, 0.5) is 4.79 Å². The third-order valence-electron chi connectivity index (χ3n) is 7.41. The van der Waals surface area contributed by atoms with Crippen molar-refractivity contribution >= 4 is 18.0 Å². The van der Waals surface area contributed by atoms with Gasteiger partial charge in [0, 0.05) is 24.9 Å². The molecule has 1 saturated carbocycles. The number of alkyl carbamates (subject to hydrolysis) is 1. The van der Waals surface area contributed by atoms with Crippen molar-refractivity contribution in [1.82, 2.24) is 10.6 Å². The molecule has 2 atom stereocenters. The number of ether oxygens (including phenoxy) is 1. The van der Waals surface area contributed by atoms with E-state index in [1.807, 2.05) is 38.1 Å². The fraction of sp³-hybridized carbons (Fsp3) is 0.464. The van der Waals surface area contributed by atoms with E-state index in [4.69, 9.17) is 4.74 Å². The fourth-order valence-electron chi connectivity index (χ4n) is 5.04. The first-order chi connectivity index (χ1) is 16.8. The largest absolute Gasteiger partial charge is 0.481 e. The first-order valence-corrected chi connectivity index (χ1v) is 12.5. The van der Waals surface area contributed by atoms with Crippen molar-refractivity contribution in [2.45, 2.75) is 51.5 Å². The van der Waals surface area contributed by atoms with Gasteiger partial charge >= 0.3 is 12.1 Å². The van der Waals surface area contributed by atoms with Gasteiger partial charge in [-0.3, -0.25) is 9.59 Å². The Hall–Kier alpha value is -3.35. The molecular formula is C28H34N2O5. The van der Waals surface area contributed by atoms with Crippen molar-refractivity contribution in [1.29, 1.82) is 0 Å². The number of carbonyl (C=O) groups excluding carboxylic acids is 2. The van der Waals surface area contributed by atoms with Gasteiger partial charge in [-0.1, -0.05) is 68.8 Å². The van der Waals surface area contributed by atoms with Crippen LogP contribution in [-0.2, 0) is 14.3 Å². The molecule has 35 heavy (non-hydrogen) atoms. The molecule has 2 aromatic rings. The number of aliphatic carboxylic acids is 1. The lowest BCUT2D eigenvalue weighted by molar-refractivity contribution is -0.144. The summed E-state index contributed by atoms with van der Waals surface area (Å²) in [6.07, 6.45) is 2.34. The summed E-state index contributed by atoms with van der Waals surface area (Å²) in [5.74, 6) is -1.59. The van der Waals surface area contributed by atoms with Gasteiger partial charge in [0.15, 0.2) is 0 Å². The Morgan fingerprint density at radius 3 is 2.11 bits per heavy atom. The molecule has 7 heteroatoms. The van der Waals surface area contributed by atoms with E-state index in [1.165, 1.54) is 0 Å². The lowest BCUT2D eigenvalue weighted by Crippen LogP contribution is -2.44. The molecule has 0 aromatic heterocycles. The number of rotatable bonds is 10. The van der Waals surface area contributed by atoms with Crippen LogP contribution in [0.2, 0.25) is 0 Å². The van der Waals surface area contributed by atoms with E-state index in [2.05, 4.69) is 34.9 Å². The standard InChI is InChI=1S/C28H34N2O5/c1-17(2)25(14-26(31)29-15-23(27(32)33)18-8-7-9-18)30-28(34)35-16-24-21-12-5-3-10-19(21)20-11-4-6-13-22(20)24/h3-6,10-13,17-18,23-25H,7-9,14-16H2,1-2H3,(H,29,31)(H,30,34)(H,32,33). The van der Waals surface area contributed by atoms with Crippen molar-refractivity contribution in [2.75, 3.05) is 13.2 Å². The van der Waals surface area contributed by atoms with Gasteiger partial charge in [0.1, 0.15) is 6.61 Å². The predicted molar refractivity (Wildman–Crippen MR) is 133 cm³/mol. The highest BCUT2D eigenvalue weighted by atomic mass is 16.5. The predicted octanol–water partition coefficient (Wildman–Crippen LogP) is 4.56. The topological polar surface area (TPSA) is 105 Å². The summed E-state index contributed by atoms with van der Waals surface area (Å²) in [4.78, 5) is 36.7. The second kappa shape index (κ2) is 10.9. The quantitative estimate of drug-likeness (QED) is 0.464. The molecule has 0 aliphatic heterocycles.